The van der Waals surface area contributed by atoms with E-state index < -0.39 is 20.2 Å². The molecule has 2 rings (SSSR count). The smallest absolute Gasteiger partial charge is 0.298 e. The summed E-state index contributed by atoms with van der Waals surface area (Å²) in [7, 11) is -8.82. The van der Waals surface area contributed by atoms with Gasteiger partial charge in [-0.2, -0.15) is 16.8 Å². The van der Waals surface area contributed by atoms with Crippen LogP contribution in [-0.2, 0) is 33.1 Å². The third-order valence-corrected chi connectivity index (χ3v) is 10.0. The van der Waals surface area contributed by atoms with Crippen molar-refractivity contribution in [1.82, 2.24) is 0 Å². The summed E-state index contributed by atoms with van der Waals surface area (Å²) in [6.45, 7) is 4.99. The summed E-state index contributed by atoms with van der Waals surface area (Å²) in [5.41, 5.74) is 1.74. The molecule has 8 nitrogen and oxygen atoms in total. The fourth-order valence-corrected chi connectivity index (χ4v) is 6.92. The summed E-state index contributed by atoms with van der Waals surface area (Å²) in [4.78, 5) is -0.381. The van der Waals surface area contributed by atoms with Gasteiger partial charge in [0.05, 0.1) is 13.2 Å². The van der Waals surface area contributed by atoms with E-state index in [4.69, 9.17) is 9.47 Å². The number of ether oxygens (including phenoxy) is 2. The average molecular weight is 683 g/mol. The lowest BCUT2D eigenvalue weighted by Crippen LogP contribution is -2.07. The molecule has 0 aromatic heterocycles. The molecule has 0 aliphatic carbocycles. The van der Waals surface area contributed by atoms with Crippen LogP contribution in [0.3, 0.4) is 0 Å². The Morgan fingerprint density at radius 3 is 1.15 bits per heavy atom. The van der Waals surface area contributed by atoms with Gasteiger partial charge in [0.25, 0.3) is 20.2 Å². The Labute approximate surface area is 279 Å². The van der Waals surface area contributed by atoms with Crippen molar-refractivity contribution < 1.29 is 35.4 Å². The van der Waals surface area contributed by atoms with Crippen molar-refractivity contribution in [3.63, 3.8) is 0 Å². The number of rotatable bonds is 27. The topological polar surface area (TPSA) is 127 Å². The molecule has 10 heteroatoms. The minimum absolute atomic E-state index is 0.155. The molecule has 2 aromatic rings. The van der Waals surface area contributed by atoms with Crippen LogP contribution in [-0.4, -0.2) is 39.2 Å². The standard InChI is InChI=1S/C36H58O8S2/c1-3-5-7-9-11-13-17-21-31-23-25-33(35(29-31)45(37,38)39)43-27-19-15-16-20-28-44-34-26-24-32(30-36(34)46(40,41)42)22-18-14-12-10-8-6-4-2/h23-26,29-30H,3-22,27-28H2,1-2H3,(H,37,38,39)(H,40,41,42). The minimum atomic E-state index is -4.41. The van der Waals surface area contributed by atoms with Gasteiger partial charge in [0.1, 0.15) is 21.3 Å². The first-order chi connectivity index (χ1) is 22.1. The maximum absolute atomic E-state index is 12.0. The van der Waals surface area contributed by atoms with Gasteiger partial charge in [-0.05, 0) is 86.8 Å². The van der Waals surface area contributed by atoms with Crippen LogP contribution >= 0.6 is 0 Å². The lowest BCUT2D eigenvalue weighted by molar-refractivity contribution is 0.279. The molecule has 0 saturated heterocycles. The van der Waals surface area contributed by atoms with E-state index in [1.165, 1.54) is 76.3 Å². The zero-order valence-electron chi connectivity index (χ0n) is 28.2. The molecule has 0 radical (unpaired) electrons. The second kappa shape index (κ2) is 22.4. The fourth-order valence-electron chi connectivity index (χ4n) is 5.55. The second-order valence-electron chi connectivity index (χ2n) is 12.4. The molecule has 46 heavy (non-hydrogen) atoms. The number of hydrogen-bond donors (Lipinski definition) is 2. The van der Waals surface area contributed by atoms with Crippen molar-refractivity contribution in [2.75, 3.05) is 13.2 Å². The monoisotopic (exact) mass is 682 g/mol. The highest BCUT2D eigenvalue weighted by Crippen LogP contribution is 2.28. The zero-order valence-corrected chi connectivity index (χ0v) is 29.8. The molecule has 0 atom stereocenters. The molecule has 0 fully saturated rings. The van der Waals surface area contributed by atoms with Gasteiger partial charge < -0.3 is 9.47 Å². The van der Waals surface area contributed by atoms with E-state index in [2.05, 4.69) is 13.8 Å². The SMILES string of the molecule is CCCCCCCCCc1ccc(OCCCCCCOc2ccc(CCCCCCCCC)cc2S(=O)(=O)O)c(S(=O)(=O)O)c1. The molecule has 0 aliphatic rings. The van der Waals surface area contributed by atoms with Crippen molar-refractivity contribution >= 4 is 20.2 Å². The van der Waals surface area contributed by atoms with Gasteiger partial charge in [0, 0.05) is 0 Å². The van der Waals surface area contributed by atoms with Crippen LogP contribution in [0.15, 0.2) is 46.2 Å². The van der Waals surface area contributed by atoms with Gasteiger partial charge in [0.2, 0.25) is 0 Å². The number of hydrogen-bond acceptors (Lipinski definition) is 6. The summed E-state index contributed by atoms with van der Waals surface area (Å²) >= 11 is 0. The first-order valence-electron chi connectivity index (χ1n) is 17.5. The Morgan fingerprint density at radius 1 is 0.478 bits per heavy atom. The van der Waals surface area contributed by atoms with Gasteiger partial charge in [-0.3, -0.25) is 9.11 Å². The van der Waals surface area contributed by atoms with Gasteiger partial charge in [0.15, 0.2) is 0 Å². The van der Waals surface area contributed by atoms with Crippen LogP contribution < -0.4 is 9.47 Å². The lowest BCUT2D eigenvalue weighted by atomic mass is 10.0. The van der Waals surface area contributed by atoms with Crippen LogP contribution in [0.5, 0.6) is 11.5 Å². The highest BCUT2D eigenvalue weighted by Gasteiger charge is 2.19. The number of aryl methyl sites for hydroxylation is 2. The highest BCUT2D eigenvalue weighted by atomic mass is 32.2. The van der Waals surface area contributed by atoms with Gasteiger partial charge >= 0.3 is 0 Å². The van der Waals surface area contributed by atoms with E-state index >= 15 is 0 Å². The van der Waals surface area contributed by atoms with Crippen LogP contribution in [0.1, 0.15) is 141 Å². The van der Waals surface area contributed by atoms with Crippen LogP contribution in [0, 0.1) is 0 Å². The van der Waals surface area contributed by atoms with Crippen LogP contribution in [0.25, 0.3) is 0 Å². The Balaban J connectivity index is 1.73. The molecule has 0 saturated carbocycles. The van der Waals surface area contributed by atoms with Crippen molar-refractivity contribution in [3.8, 4) is 11.5 Å². The van der Waals surface area contributed by atoms with E-state index in [9.17, 15) is 25.9 Å². The van der Waals surface area contributed by atoms with E-state index in [-0.39, 0.29) is 21.3 Å². The van der Waals surface area contributed by atoms with E-state index in [0.717, 1.165) is 62.5 Å². The Bertz CT molecular complexity index is 1240. The average Bonchev–Trinajstić information content (AvgIpc) is 3.01. The van der Waals surface area contributed by atoms with E-state index in [1.54, 1.807) is 12.1 Å². The summed E-state index contributed by atoms with van der Waals surface area (Å²) in [5, 5.41) is 0. The summed E-state index contributed by atoms with van der Waals surface area (Å²) < 4.78 is 79.1. The summed E-state index contributed by atoms with van der Waals surface area (Å²) in [6, 6.07) is 10.0. The molecule has 0 spiro atoms. The van der Waals surface area contributed by atoms with Crippen LogP contribution in [0.4, 0.5) is 0 Å². The molecular formula is C36H58O8S2. The fraction of sp³-hybridized carbons (Fsp3) is 0.667. The van der Waals surface area contributed by atoms with Crippen molar-refractivity contribution in [2.45, 2.75) is 152 Å². The molecule has 262 valence electrons. The zero-order chi connectivity index (χ0) is 33.7. The molecule has 0 bridgehead atoms. The molecule has 0 unspecified atom stereocenters. The molecule has 2 N–H and O–H groups in total. The minimum Gasteiger partial charge on any atom is -0.492 e. The molecule has 2 aromatic carbocycles. The molecule has 0 heterocycles. The molecular weight excluding hydrogens is 625 g/mol. The van der Waals surface area contributed by atoms with Crippen molar-refractivity contribution in [2.24, 2.45) is 0 Å². The maximum Gasteiger partial charge on any atom is 0.298 e. The third-order valence-electron chi connectivity index (χ3n) is 8.26. The van der Waals surface area contributed by atoms with E-state index in [0.29, 0.717) is 26.1 Å². The van der Waals surface area contributed by atoms with Gasteiger partial charge in [-0.15, -0.1) is 0 Å². The Hall–Kier alpha value is -2.14. The number of unbranched alkanes of at least 4 members (excludes halogenated alkanes) is 15. The first kappa shape index (κ1) is 40.0. The molecule has 0 aliphatic heterocycles. The predicted molar refractivity (Wildman–Crippen MR) is 185 cm³/mol. The Morgan fingerprint density at radius 2 is 0.804 bits per heavy atom. The third kappa shape index (κ3) is 16.6. The van der Waals surface area contributed by atoms with Crippen molar-refractivity contribution in [1.29, 1.82) is 0 Å². The molecule has 0 amide bonds. The normalized spacial score (nSPS) is 12.0. The van der Waals surface area contributed by atoms with Crippen LogP contribution in [0.2, 0.25) is 0 Å². The highest BCUT2D eigenvalue weighted by molar-refractivity contribution is 7.86. The first-order valence-corrected chi connectivity index (χ1v) is 20.4. The summed E-state index contributed by atoms with van der Waals surface area (Å²) in [5.74, 6) is 0.310. The largest absolute Gasteiger partial charge is 0.492 e. The van der Waals surface area contributed by atoms with E-state index in [1.807, 2.05) is 12.1 Å². The van der Waals surface area contributed by atoms with Gasteiger partial charge in [-0.1, -0.05) is 103 Å². The number of benzene rings is 2. The summed E-state index contributed by atoms with van der Waals surface area (Å²) in [6.07, 6.45) is 20.9. The predicted octanol–water partition coefficient (Wildman–Crippen LogP) is 9.78. The lowest BCUT2D eigenvalue weighted by Gasteiger charge is -2.13. The quantitative estimate of drug-likeness (QED) is 0.0704. The van der Waals surface area contributed by atoms with Crippen molar-refractivity contribution in [3.05, 3.63) is 47.5 Å². The second-order valence-corrected chi connectivity index (χ2v) is 15.1. The van der Waals surface area contributed by atoms with Gasteiger partial charge in [-0.25, -0.2) is 0 Å². The maximum atomic E-state index is 12.0. The Kier molecular flexibility index (Phi) is 19.5.